The van der Waals surface area contributed by atoms with Crippen molar-refractivity contribution in [3.8, 4) is 6.07 Å². The van der Waals surface area contributed by atoms with Crippen LogP contribution in [-0.4, -0.2) is 0 Å². The molecule has 0 aliphatic rings. The highest BCUT2D eigenvalue weighted by Gasteiger charge is 2.26. The molecule has 0 aliphatic heterocycles. The van der Waals surface area contributed by atoms with Gasteiger partial charge in [-0.25, -0.2) is 0 Å². The molecular formula is C33H35N3. The van der Waals surface area contributed by atoms with Crippen LogP contribution in [0.3, 0.4) is 0 Å². The van der Waals surface area contributed by atoms with Crippen LogP contribution in [0.25, 0.3) is 16.5 Å². The van der Waals surface area contributed by atoms with Crippen molar-refractivity contribution < 1.29 is 0 Å². The maximum absolute atomic E-state index is 9.87. The summed E-state index contributed by atoms with van der Waals surface area (Å²) >= 11 is 0. The third kappa shape index (κ3) is 5.14. The van der Waals surface area contributed by atoms with Crippen LogP contribution in [0, 0.1) is 23.2 Å². The zero-order chi connectivity index (χ0) is 25.8. The molecule has 2 N–H and O–H groups in total. The van der Waals surface area contributed by atoms with Crippen molar-refractivity contribution in [2.75, 3.05) is 10.6 Å². The van der Waals surface area contributed by atoms with Gasteiger partial charge in [0.2, 0.25) is 0 Å². The topological polar surface area (TPSA) is 53.0 Å². The maximum Gasteiger partial charge on any atom is 0.0991 e. The fraction of sp³-hybridized carbons (Fsp3) is 0.242. The number of rotatable bonds is 8. The third-order valence-electron chi connectivity index (χ3n) is 6.41. The largest absolute Gasteiger partial charge is 0.397 e. The fourth-order valence-electron chi connectivity index (χ4n) is 4.97. The van der Waals surface area contributed by atoms with E-state index in [2.05, 4.69) is 87.7 Å². The van der Waals surface area contributed by atoms with Gasteiger partial charge in [0.05, 0.1) is 28.7 Å². The second-order valence-electron chi connectivity index (χ2n) is 10.3. The lowest BCUT2D eigenvalue weighted by Gasteiger charge is -2.34. The molecule has 36 heavy (non-hydrogen) atoms. The second kappa shape index (κ2) is 10.7. The number of hydrogen-bond donors (Lipinski definition) is 1. The van der Waals surface area contributed by atoms with Gasteiger partial charge in [-0.3, -0.25) is 0 Å². The molecule has 3 heteroatoms. The number of anilines is 3. The van der Waals surface area contributed by atoms with Gasteiger partial charge in [-0.15, -0.1) is 0 Å². The third-order valence-corrected chi connectivity index (χ3v) is 6.41. The van der Waals surface area contributed by atoms with Crippen LogP contribution in [0.5, 0.6) is 0 Å². The molecule has 0 radical (unpaired) electrons. The van der Waals surface area contributed by atoms with E-state index < -0.39 is 0 Å². The smallest absolute Gasteiger partial charge is 0.0991 e. The molecule has 3 nitrogen and oxygen atoms in total. The van der Waals surface area contributed by atoms with Crippen LogP contribution in [-0.2, 0) is 12.8 Å². The Labute approximate surface area is 215 Å². The Morgan fingerprint density at radius 1 is 0.833 bits per heavy atom. The van der Waals surface area contributed by atoms with E-state index in [-0.39, 0.29) is 0 Å². The number of nitrogens with zero attached hydrogens (tertiary/aromatic N) is 2. The van der Waals surface area contributed by atoms with E-state index >= 15 is 0 Å². The normalized spacial score (nSPS) is 11.1. The van der Waals surface area contributed by atoms with Crippen molar-refractivity contribution in [3.63, 3.8) is 0 Å². The van der Waals surface area contributed by atoms with Gasteiger partial charge in [-0.2, -0.15) is 5.26 Å². The molecule has 0 unspecified atom stereocenters. The fourth-order valence-corrected chi connectivity index (χ4v) is 4.97. The first-order valence-corrected chi connectivity index (χ1v) is 12.7. The molecule has 0 aliphatic carbocycles. The highest BCUT2D eigenvalue weighted by Crippen LogP contribution is 2.45. The predicted molar refractivity (Wildman–Crippen MR) is 154 cm³/mol. The molecule has 0 amide bonds. The molecule has 4 aromatic rings. The van der Waals surface area contributed by atoms with Crippen molar-refractivity contribution in [2.24, 2.45) is 11.8 Å². The Morgan fingerprint density at radius 2 is 1.42 bits per heavy atom. The van der Waals surface area contributed by atoms with Crippen LogP contribution >= 0.6 is 0 Å². The maximum atomic E-state index is 9.87. The summed E-state index contributed by atoms with van der Waals surface area (Å²) in [5.41, 5.74) is 14.4. The lowest BCUT2D eigenvalue weighted by molar-refractivity contribution is 0.636. The Morgan fingerprint density at radius 3 is 2.00 bits per heavy atom. The first kappa shape index (κ1) is 25.1. The van der Waals surface area contributed by atoms with E-state index in [1.54, 1.807) is 0 Å². The monoisotopic (exact) mass is 473 g/mol. The van der Waals surface area contributed by atoms with Gasteiger partial charge in [0.25, 0.3) is 0 Å². The molecule has 0 saturated carbocycles. The number of hydrogen-bond acceptors (Lipinski definition) is 3. The number of benzene rings is 4. The summed E-state index contributed by atoms with van der Waals surface area (Å²) in [6, 6.07) is 29.2. The standard InChI is InChI=1S/C33H35N3/c1-22(2)17-28-19-25(21-34)20-29(18-23(3)4)32(28)36(24(5)26-11-7-6-8-12-26)33-30-14-10-9-13-27(30)15-16-31(33)35/h6-16,19-20,22-23H,5,17-18,35H2,1-4H3. The quantitative estimate of drug-likeness (QED) is 0.261. The van der Waals surface area contributed by atoms with Gasteiger partial charge < -0.3 is 10.6 Å². The van der Waals surface area contributed by atoms with E-state index in [9.17, 15) is 5.26 Å². The summed E-state index contributed by atoms with van der Waals surface area (Å²) in [5, 5.41) is 12.1. The highest BCUT2D eigenvalue weighted by molar-refractivity contribution is 6.07. The zero-order valence-electron chi connectivity index (χ0n) is 21.8. The molecule has 0 aromatic heterocycles. The van der Waals surface area contributed by atoms with Crippen LogP contribution in [0.2, 0.25) is 0 Å². The van der Waals surface area contributed by atoms with Gasteiger partial charge in [0.15, 0.2) is 0 Å². The van der Waals surface area contributed by atoms with Crippen LogP contribution in [0.15, 0.2) is 85.4 Å². The molecule has 4 aromatic carbocycles. The molecular weight excluding hydrogens is 438 g/mol. The van der Waals surface area contributed by atoms with Gasteiger partial charge >= 0.3 is 0 Å². The minimum atomic E-state index is 0.418. The van der Waals surface area contributed by atoms with Crippen molar-refractivity contribution >= 4 is 33.5 Å². The first-order chi connectivity index (χ1) is 17.3. The van der Waals surface area contributed by atoms with E-state index in [4.69, 9.17) is 5.73 Å². The predicted octanol–water partition coefficient (Wildman–Crippen LogP) is 8.50. The van der Waals surface area contributed by atoms with E-state index in [1.807, 2.05) is 36.4 Å². The number of nitrogen functional groups attached to an aromatic ring is 1. The van der Waals surface area contributed by atoms with Gasteiger partial charge in [0.1, 0.15) is 0 Å². The minimum absolute atomic E-state index is 0.418. The lowest BCUT2D eigenvalue weighted by atomic mass is 9.90. The number of nitriles is 1. The summed E-state index contributed by atoms with van der Waals surface area (Å²) in [6.07, 6.45) is 1.69. The molecule has 0 bridgehead atoms. The van der Waals surface area contributed by atoms with Gasteiger partial charge in [0, 0.05) is 11.1 Å². The average Bonchev–Trinajstić information content (AvgIpc) is 2.86. The molecule has 4 rings (SSSR count). The molecule has 0 spiro atoms. The number of nitrogens with two attached hydrogens (primary N) is 1. The SMILES string of the molecule is C=C(c1ccccc1)N(c1c(CC(C)C)cc(C#N)cc1CC(C)C)c1c(N)ccc2ccccc12. The average molecular weight is 474 g/mol. The Kier molecular flexibility index (Phi) is 7.46. The molecule has 182 valence electrons. The molecule has 0 fully saturated rings. The van der Waals surface area contributed by atoms with Crippen molar-refractivity contribution in [3.05, 3.63) is 108 Å². The first-order valence-electron chi connectivity index (χ1n) is 12.7. The summed E-state index contributed by atoms with van der Waals surface area (Å²) in [6.45, 7) is 13.5. The van der Waals surface area contributed by atoms with Gasteiger partial charge in [-0.05, 0) is 65.0 Å². The van der Waals surface area contributed by atoms with Crippen molar-refractivity contribution in [2.45, 2.75) is 40.5 Å². The van der Waals surface area contributed by atoms with Crippen LogP contribution in [0.1, 0.15) is 49.9 Å². The molecule has 0 atom stereocenters. The number of fused-ring (bicyclic) bond motifs is 1. The van der Waals surface area contributed by atoms with Gasteiger partial charge in [-0.1, -0.05) is 94.9 Å². The van der Waals surface area contributed by atoms with Crippen LogP contribution < -0.4 is 10.6 Å². The van der Waals surface area contributed by atoms with Crippen LogP contribution in [0.4, 0.5) is 17.1 Å². The Balaban J connectivity index is 2.12. The lowest BCUT2D eigenvalue weighted by Crippen LogP contribution is -2.21. The summed E-state index contributed by atoms with van der Waals surface area (Å²) in [7, 11) is 0. The summed E-state index contributed by atoms with van der Waals surface area (Å²) < 4.78 is 0. The Bertz CT molecular complexity index is 1390. The van der Waals surface area contributed by atoms with Crippen molar-refractivity contribution in [1.29, 1.82) is 5.26 Å². The zero-order valence-corrected chi connectivity index (χ0v) is 21.8. The van der Waals surface area contributed by atoms with E-state index in [0.717, 1.165) is 57.4 Å². The molecule has 0 heterocycles. The minimum Gasteiger partial charge on any atom is -0.397 e. The summed E-state index contributed by atoms with van der Waals surface area (Å²) in [5.74, 6) is 0.836. The van der Waals surface area contributed by atoms with Crippen molar-refractivity contribution in [1.82, 2.24) is 0 Å². The van der Waals surface area contributed by atoms with E-state index in [1.165, 1.54) is 0 Å². The summed E-state index contributed by atoms with van der Waals surface area (Å²) in [4.78, 5) is 2.25. The Hall–Kier alpha value is -4.03. The van der Waals surface area contributed by atoms with E-state index in [0.29, 0.717) is 23.1 Å². The second-order valence-corrected chi connectivity index (χ2v) is 10.3. The highest BCUT2D eigenvalue weighted by atomic mass is 15.2. The molecule has 0 saturated heterocycles.